The van der Waals surface area contributed by atoms with Crippen LogP contribution in [0.2, 0.25) is 0 Å². The summed E-state index contributed by atoms with van der Waals surface area (Å²) in [6.45, 7) is 1.56. The van der Waals surface area contributed by atoms with Gasteiger partial charge in [-0.15, -0.1) is 0 Å². The van der Waals surface area contributed by atoms with E-state index in [1.807, 2.05) is 0 Å². The molecule has 0 fully saturated rings. The van der Waals surface area contributed by atoms with Gasteiger partial charge < -0.3 is 5.11 Å². The molecule has 13 heavy (non-hydrogen) atoms. The van der Waals surface area contributed by atoms with Crippen molar-refractivity contribution in [3.8, 4) is 0 Å². The maximum absolute atomic E-state index is 10.5. The molecule has 0 bridgehead atoms. The van der Waals surface area contributed by atoms with Crippen molar-refractivity contribution in [1.82, 2.24) is 0 Å². The topological polar surface area (TPSA) is 63.4 Å². The van der Waals surface area contributed by atoms with E-state index in [9.17, 15) is 10.1 Å². The SMILES string of the molecule is Cc1cc(CO)cc([N+](=O)[O-])c1Br. The van der Waals surface area contributed by atoms with Crippen LogP contribution in [0, 0.1) is 17.0 Å². The van der Waals surface area contributed by atoms with Gasteiger partial charge in [0.25, 0.3) is 5.69 Å². The number of hydrogen-bond donors (Lipinski definition) is 1. The van der Waals surface area contributed by atoms with E-state index in [1.54, 1.807) is 13.0 Å². The normalized spacial score (nSPS) is 10.1. The number of nitro benzene ring substituents is 1. The Kier molecular flexibility index (Phi) is 3.00. The Balaban J connectivity index is 3.33. The lowest BCUT2D eigenvalue weighted by atomic mass is 10.1. The molecule has 0 saturated carbocycles. The maximum atomic E-state index is 10.5. The van der Waals surface area contributed by atoms with Gasteiger partial charge in [-0.05, 0) is 34.0 Å². The van der Waals surface area contributed by atoms with Crippen molar-refractivity contribution in [1.29, 1.82) is 0 Å². The van der Waals surface area contributed by atoms with Gasteiger partial charge in [0.15, 0.2) is 0 Å². The van der Waals surface area contributed by atoms with Crippen LogP contribution in [-0.2, 0) is 6.61 Å². The molecule has 1 rings (SSSR count). The highest BCUT2D eigenvalue weighted by Gasteiger charge is 2.14. The zero-order valence-corrected chi connectivity index (χ0v) is 8.54. The first kappa shape index (κ1) is 10.1. The summed E-state index contributed by atoms with van der Waals surface area (Å²) < 4.78 is 0.467. The molecule has 70 valence electrons. The molecule has 0 radical (unpaired) electrons. The average molecular weight is 246 g/mol. The van der Waals surface area contributed by atoms with Gasteiger partial charge >= 0.3 is 0 Å². The minimum Gasteiger partial charge on any atom is -0.392 e. The Bertz CT molecular complexity index is 351. The molecule has 1 N–H and O–H groups in total. The predicted molar refractivity (Wildman–Crippen MR) is 51.5 cm³/mol. The van der Waals surface area contributed by atoms with E-state index in [-0.39, 0.29) is 12.3 Å². The van der Waals surface area contributed by atoms with Crippen LogP contribution in [0.25, 0.3) is 0 Å². The second-order valence-electron chi connectivity index (χ2n) is 2.66. The molecular formula is C8H8BrNO3. The molecule has 0 aliphatic carbocycles. The van der Waals surface area contributed by atoms with Crippen molar-refractivity contribution < 1.29 is 10.0 Å². The molecule has 5 heteroatoms. The van der Waals surface area contributed by atoms with E-state index >= 15 is 0 Å². The van der Waals surface area contributed by atoms with Crippen molar-refractivity contribution in [3.63, 3.8) is 0 Å². The summed E-state index contributed by atoms with van der Waals surface area (Å²) in [5, 5.41) is 19.4. The highest BCUT2D eigenvalue weighted by atomic mass is 79.9. The lowest BCUT2D eigenvalue weighted by Crippen LogP contribution is -1.94. The van der Waals surface area contributed by atoms with Crippen LogP contribution in [-0.4, -0.2) is 10.0 Å². The summed E-state index contributed by atoms with van der Waals surface area (Å²) in [6.07, 6.45) is 0. The summed E-state index contributed by atoms with van der Waals surface area (Å²) >= 11 is 3.12. The highest BCUT2D eigenvalue weighted by Crippen LogP contribution is 2.29. The monoisotopic (exact) mass is 245 g/mol. The molecule has 0 heterocycles. The van der Waals surface area contributed by atoms with E-state index in [1.165, 1.54) is 6.07 Å². The Morgan fingerprint density at radius 1 is 1.62 bits per heavy atom. The smallest absolute Gasteiger partial charge is 0.284 e. The standard InChI is InChI=1S/C8H8BrNO3/c1-5-2-6(4-11)3-7(8(5)9)10(12)13/h2-3,11H,4H2,1H3. The number of aliphatic hydroxyl groups excluding tert-OH is 1. The largest absolute Gasteiger partial charge is 0.392 e. The van der Waals surface area contributed by atoms with Crippen LogP contribution in [0.4, 0.5) is 5.69 Å². The predicted octanol–water partition coefficient (Wildman–Crippen LogP) is 2.16. The number of rotatable bonds is 2. The van der Waals surface area contributed by atoms with E-state index in [0.717, 1.165) is 5.56 Å². The fourth-order valence-electron chi connectivity index (χ4n) is 1.05. The Morgan fingerprint density at radius 2 is 2.23 bits per heavy atom. The van der Waals surface area contributed by atoms with Crippen LogP contribution in [0.1, 0.15) is 11.1 Å². The fourth-order valence-corrected chi connectivity index (χ4v) is 1.42. The second-order valence-corrected chi connectivity index (χ2v) is 3.45. The molecule has 0 aromatic heterocycles. The molecule has 0 aliphatic heterocycles. The van der Waals surface area contributed by atoms with Gasteiger partial charge in [-0.2, -0.15) is 0 Å². The molecule has 0 amide bonds. The van der Waals surface area contributed by atoms with E-state index in [0.29, 0.717) is 10.0 Å². The van der Waals surface area contributed by atoms with Gasteiger partial charge in [-0.3, -0.25) is 10.1 Å². The number of benzene rings is 1. The van der Waals surface area contributed by atoms with Crippen molar-refractivity contribution in [2.75, 3.05) is 0 Å². The molecule has 0 spiro atoms. The molecule has 0 aliphatic rings. The molecular weight excluding hydrogens is 238 g/mol. The maximum Gasteiger partial charge on any atom is 0.284 e. The van der Waals surface area contributed by atoms with Crippen molar-refractivity contribution in [3.05, 3.63) is 37.8 Å². The molecule has 0 atom stereocenters. The molecule has 0 unspecified atom stereocenters. The van der Waals surface area contributed by atoms with E-state index in [2.05, 4.69) is 15.9 Å². The summed E-state index contributed by atoms with van der Waals surface area (Å²) in [5.74, 6) is 0. The van der Waals surface area contributed by atoms with Crippen LogP contribution < -0.4 is 0 Å². The Morgan fingerprint density at radius 3 is 2.69 bits per heavy atom. The fraction of sp³-hybridized carbons (Fsp3) is 0.250. The lowest BCUT2D eigenvalue weighted by Gasteiger charge is -2.02. The lowest BCUT2D eigenvalue weighted by molar-refractivity contribution is -0.385. The third-order valence-electron chi connectivity index (χ3n) is 1.67. The third kappa shape index (κ3) is 2.05. The van der Waals surface area contributed by atoms with Gasteiger partial charge in [-0.25, -0.2) is 0 Å². The van der Waals surface area contributed by atoms with Gasteiger partial charge in [0.05, 0.1) is 16.0 Å². The zero-order chi connectivity index (χ0) is 10.0. The minimum atomic E-state index is -0.476. The number of nitrogens with zero attached hydrogens (tertiary/aromatic N) is 1. The summed E-state index contributed by atoms with van der Waals surface area (Å²) in [5.41, 5.74) is 1.29. The van der Waals surface area contributed by atoms with Crippen molar-refractivity contribution in [2.45, 2.75) is 13.5 Å². The number of nitro groups is 1. The summed E-state index contributed by atoms with van der Waals surface area (Å²) in [7, 11) is 0. The minimum absolute atomic E-state index is 0.0101. The Labute approximate surface area is 83.5 Å². The summed E-state index contributed by atoms with van der Waals surface area (Å²) in [4.78, 5) is 10.1. The second kappa shape index (κ2) is 3.85. The van der Waals surface area contributed by atoms with E-state index in [4.69, 9.17) is 5.11 Å². The van der Waals surface area contributed by atoms with Gasteiger partial charge in [0.2, 0.25) is 0 Å². The third-order valence-corrected chi connectivity index (χ3v) is 2.71. The van der Waals surface area contributed by atoms with Crippen LogP contribution >= 0.6 is 15.9 Å². The zero-order valence-electron chi connectivity index (χ0n) is 6.95. The van der Waals surface area contributed by atoms with Crippen LogP contribution in [0.3, 0.4) is 0 Å². The highest BCUT2D eigenvalue weighted by molar-refractivity contribution is 9.10. The summed E-state index contributed by atoms with van der Waals surface area (Å²) in [6, 6.07) is 3.06. The first-order chi connectivity index (χ1) is 6.06. The quantitative estimate of drug-likeness (QED) is 0.642. The average Bonchev–Trinajstić information content (AvgIpc) is 2.09. The Hall–Kier alpha value is -0.940. The first-order valence-electron chi connectivity index (χ1n) is 3.60. The van der Waals surface area contributed by atoms with Crippen LogP contribution in [0.5, 0.6) is 0 Å². The number of halogens is 1. The van der Waals surface area contributed by atoms with Crippen LogP contribution in [0.15, 0.2) is 16.6 Å². The molecule has 0 saturated heterocycles. The number of hydrogen-bond acceptors (Lipinski definition) is 3. The molecule has 4 nitrogen and oxygen atoms in total. The van der Waals surface area contributed by atoms with Gasteiger partial charge in [-0.1, -0.05) is 6.07 Å². The van der Waals surface area contributed by atoms with Gasteiger partial charge in [0.1, 0.15) is 0 Å². The van der Waals surface area contributed by atoms with Crippen molar-refractivity contribution in [2.24, 2.45) is 0 Å². The molecule has 1 aromatic carbocycles. The molecule has 1 aromatic rings. The number of aryl methyl sites for hydroxylation is 1. The van der Waals surface area contributed by atoms with Crippen molar-refractivity contribution >= 4 is 21.6 Å². The number of aliphatic hydroxyl groups is 1. The first-order valence-corrected chi connectivity index (χ1v) is 4.40. The van der Waals surface area contributed by atoms with Gasteiger partial charge in [0, 0.05) is 6.07 Å². The van der Waals surface area contributed by atoms with E-state index < -0.39 is 4.92 Å².